The lowest BCUT2D eigenvalue weighted by atomic mass is 10.1. The zero-order chi connectivity index (χ0) is 25.0. The Labute approximate surface area is 209 Å². The summed E-state index contributed by atoms with van der Waals surface area (Å²) < 4.78 is 30.6. The maximum Gasteiger partial charge on any atom is 0.412 e. The number of amides is 1. The van der Waals surface area contributed by atoms with Gasteiger partial charge in [0.05, 0.1) is 17.3 Å². The van der Waals surface area contributed by atoms with E-state index < -0.39 is 15.9 Å². The number of anilines is 1. The van der Waals surface area contributed by atoms with E-state index in [1.54, 1.807) is 43.3 Å². The molecule has 0 aliphatic heterocycles. The first-order valence-corrected chi connectivity index (χ1v) is 13.6. The molecule has 0 aliphatic rings. The molecular formula is C27H26N2O4S2. The second-order valence-corrected chi connectivity index (χ2v) is 11.2. The average Bonchev–Trinajstić information content (AvgIpc) is 3.24. The smallest absolute Gasteiger partial charge is 0.412 e. The van der Waals surface area contributed by atoms with E-state index in [2.05, 4.69) is 5.32 Å². The molecule has 0 saturated carbocycles. The number of thiazole rings is 1. The predicted octanol–water partition coefficient (Wildman–Crippen LogP) is 6.64. The van der Waals surface area contributed by atoms with Gasteiger partial charge in [-0.25, -0.2) is 18.2 Å². The normalized spacial score (nSPS) is 11.3. The summed E-state index contributed by atoms with van der Waals surface area (Å²) in [5, 5.41) is 4.09. The molecule has 0 aliphatic carbocycles. The number of ether oxygens (including phenoxy) is 1. The molecule has 0 fully saturated rings. The van der Waals surface area contributed by atoms with Crippen molar-refractivity contribution in [3.05, 3.63) is 89.5 Å². The number of carbonyl (C=O) groups is 1. The van der Waals surface area contributed by atoms with E-state index in [1.165, 1.54) is 11.3 Å². The molecule has 0 radical (unpaired) electrons. The third-order valence-electron chi connectivity index (χ3n) is 5.38. The number of rotatable bonds is 7. The lowest BCUT2D eigenvalue weighted by Gasteiger charge is -2.06. The van der Waals surface area contributed by atoms with E-state index in [0.717, 1.165) is 22.3 Å². The lowest BCUT2D eigenvalue weighted by Crippen LogP contribution is -2.12. The van der Waals surface area contributed by atoms with Crippen LogP contribution in [0.1, 0.15) is 23.6 Å². The maximum atomic E-state index is 12.8. The molecule has 180 valence electrons. The van der Waals surface area contributed by atoms with Crippen LogP contribution in [0.25, 0.3) is 21.8 Å². The highest BCUT2D eigenvalue weighted by Gasteiger charge is 2.18. The second-order valence-electron chi connectivity index (χ2n) is 8.18. The first-order chi connectivity index (χ1) is 16.7. The van der Waals surface area contributed by atoms with E-state index in [-0.39, 0.29) is 12.4 Å². The molecule has 8 heteroatoms. The summed E-state index contributed by atoms with van der Waals surface area (Å²) in [4.78, 5) is 17.2. The SMILES string of the molecule is CCOC(=O)Nc1sc(-c2ccc(CS(=O)(=O)c3ccc(C)cc3)cc2)nc1-c1ccc(C)cc1. The second kappa shape index (κ2) is 10.4. The van der Waals surface area contributed by atoms with Gasteiger partial charge in [-0.2, -0.15) is 0 Å². The molecule has 0 saturated heterocycles. The van der Waals surface area contributed by atoms with E-state index in [4.69, 9.17) is 9.72 Å². The predicted molar refractivity (Wildman–Crippen MR) is 140 cm³/mol. The van der Waals surface area contributed by atoms with Crippen LogP contribution in [0.2, 0.25) is 0 Å². The van der Waals surface area contributed by atoms with Crippen molar-refractivity contribution in [1.82, 2.24) is 4.98 Å². The van der Waals surface area contributed by atoms with Crippen LogP contribution in [-0.2, 0) is 20.3 Å². The Morgan fingerprint density at radius 2 is 1.46 bits per heavy atom. The van der Waals surface area contributed by atoms with E-state index in [0.29, 0.717) is 26.2 Å². The van der Waals surface area contributed by atoms with Crippen molar-refractivity contribution in [3.63, 3.8) is 0 Å². The van der Waals surface area contributed by atoms with Gasteiger partial charge < -0.3 is 4.74 Å². The molecule has 4 rings (SSSR count). The number of aromatic nitrogens is 1. The van der Waals surface area contributed by atoms with E-state index in [1.807, 2.05) is 50.2 Å². The minimum Gasteiger partial charge on any atom is -0.450 e. The van der Waals surface area contributed by atoms with Crippen molar-refractivity contribution in [2.45, 2.75) is 31.4 Å². The number of benzene rings is 3. The molecule has 0 unspecified atom stereocenters. The summed E-state index contributed by atoms with van der Waals surface area (Å²) in [6.07, 6.45) is -0.535. The number of hydrogen-bond acceptors (Lipinski definition) is 6. The topological polar surface area (TPSA) is 85.4 Å². The van der Waals surface area contributed by atoms with Crippen LogP contribution < -0.4 is 5.32 Å². The highest BCUT2D eigenvalue weighted by atomic mass is 32.2. The Morgan fingerprint density at radius 3 is 2.06 bits per heavy atom. The van der Waals surface area contributed by atoms with Crippen LogP contribution in [-0.4, -0.2) is 26.1 Å². The van der Waals surface area contributed by atoms with Crippen molar-refractivity contribution in [1.29, 1.82) is 0 Å². The van der Waals surface area contributed by atoms with Crippen LogP contribution >= 0.6 is 11.3 Å². The van der Waals surface area contributed by atoms with Crippen molar-refractivity contribution in [3.8, 4) is 21.8 Å². The summed E-state index contributed by atoms with van der Waals surface area (Å²) in [7, 11) is -3.44. The van der Waals surface area contributed by atoms with Gasteiger partial charge in [0.15, 0.2) is 9.84 Å². The van der Waals surface area contributed by atoms with Gasteiger partial charge >= 0.3 is 6.09 Å². The number of hydrogen-bond donors (Lipinski definition) is 1. The number of nitrogens with one attached hydrogen (secondary N) is 1. The number of nitrogens with zero attached hydrogens (tertiary/aromatic N) is 1. The largest absolute Gasteiger partial charge is 0.450 e. The molecule has 4 aromatic rings. The van der Waals surface area contributed by atoms with Gasteiger partial charge in [0.1, 0.15) is 15.7 Å². The molecule has 3 aromatic carbocycles. The van der Waals surface area contributed by atoms with Crippen LogP contribution in [0.3, 0.4) is 0 Å². The summed E-state index contributed by atoms with van der Waals surface area (Å²) >= 11 is 1.34. The van der Waals surface area contributed by atoms with Crippen LogP contribution in [0.5, 0.6) is 0 Å². The molecule has 1 heterocycles. The molecule has 0 bridgehead atoms. The van der Waals surface area contributed by atoms with Gasteiger partial charge in [0.25, 0.3) is 0 Å². The Morgan fingerprint density at radius 1 is 0.886 bits per heavy atom. The minimum atomic E-state index is -3.44. The van der Waals surface area contributed by atoms with Crippen molar-refractivity contribution < 1.29 is 17.9 Å². The first-order valence-electron chi connectivity index (χ1n) is 11.2. The highest BCUT2D eigenvalue weighted by molar-refractivity contribution is 7.90. The molecule has 35 heavy (non-hydrogen) atoms. The van der Waals surface area contributed by atoms with Crippen LogP contribution in [0.4, 0.5) is 9.80 Å². The minimum absolute atomic E-state index is 0.0848. The maximum absolute atomic E-state index is 12.8. The third kappa shape index (κ3) is 5.96. The zero-order valence-electron chi connectivity index (χ0n) is 19.7. The van der Waals surface area contributed by atoms with Gasteiger partial charge in [-0.15, -0.1) is 0 Å². The van der Waals surface area contributed by atoms with Gasteiger partial charge in [-0.3, -0.25) is 5.32 Å². The fraction of sp³-hybridized carbons (Fsp3) is 0.185. The van der Waals surface area contributed by atoms with Crippen molar-refractivity contribution in [2.24, 2.45) is 0 Å². The lowest BCUT2D eigenvalue weighted by molar-refractivity contribution is 0.168. The summed E-state index contributed by atoms with van der Waals surface area (Å²) in [6, 6.07) is 22.1. The third-order valence-corrected chi connectivity index (χ3v) is 8.10. The Hall–Kier alpha value is -3.49. The molecule has 1 amide bonds. The van der Waals surface area contributed by atoms with Gasteiger partial charge in [-0.05, 0) is 38.5 Å². The molecule has 1 N–H and O–H groups in total. The van der Waals surface area contributed by atoms with E-state index in [9.17, 15) is 13.2 Å². The number of carbonyl (C=O) groups excluding carboxylic acids is 1. The van der Waals surface area contributed by atoms with Crippen molar-refractivity contribution in [2.75, 3.05) is 11.9 Å². The number of sulfone groups is 1. The zero-order valence-corrected chi connectivity index (χ0v) is 21.4. The number of aryl methyl sites for hydroxylation is 2. The summed E-state index contributed by atoms with van der Waals surface area (Å²) in [6.45, 7) is 5.95. The molecule has 0 atom stereocenters. The van der Waals surface area contributed by atoms with Gasteiger partial charge in [0.2, 0.25) is 0 Å². The fourth-order valence-corrected chi connectivity index (χ4v) is 5.81. The highest BCUT2D eigenvalue weighted by Crippen LogP contribution is 2.38. The summed E-state index contributed by atoms with van der Waals surface area (Å²) in [5.74, 6) is -0.0848. The van der Waals surface area contributed by atoms with Gasteiger partial charge in [-0.1, -0.05) is 83.1 Å². The molecule has 6 nitrogen and oxygen atoms in total. The standard InChI is InChI=1S/C27H26N2O4S2/c1-4-33-27(30)29-26-24(21-11-5-18(2)6-12-21)28-25(34-26)22-13-9-20(10-14-22)17-35(31,32)23-15-7-19(3)8-16-23/h5-16H,4,17H2,1-3H3,(H,29,30). The summed E-state index contributed by atoms with van der Waals surface area (Å²) in [5.41, 5.74) is 5.19. The molecule has 1 aromatic heterocycles. The van der Waals surface area contributed by atoms with E-state index >= 15 is 0 Å². The molecular weight excluding hydrogens is 480 g/mol. The Kier molecular flexibility index (Phi) is 7.33. The van der Waals surface area contributed by atoms with Crippen molar-refractivity contribution >= 4 is 32.3 Å². The van der Waals surface area contributed by atoms with Gasteiger partial charge in [0, 0.05) is 11.1 Å². The average molecular weight is 507 g/mol. The monoisotopic (exact) mass is 506 g/mol. The van der Waals surface area contributed by atoms with Crippen LogP contribution in [0, 0.1) is 13.8 Å². The quantitative estimate of drug-likeness (QED) is 0.304. The van der Waals surface area contributed by atoms with Crippen LogP contribution in [0.15, 0.2) is 77.7 Å². The Bertz CT molecular complexity index is 1420. The molecule has 0 spiro atoms. The fourth-order valence-electron chi connectivity index (χ4n) is 3.49. The Balaban J connectivity index is 1.61. The first kappa shape index (κ1) is 24.6.